The smallest absolute Gasteiger partial charge is 0.254 e. The number of para-hydroxylation sites is 1. The maximum atomic E-state index is 14.9. The molecule has 2 fully saturated rings. The largest absolute Gasteiger partial charge is 0.373 e. The summed E-state index contributed by atoms with van der Waals surface area (Å²) < 4.78 is 14.9. The van der Waals surface area contributed by atoms with Crippen molar-refractivity contribution in [2.75, 3.05) is 35.2 Å². The Kier molecular flexibility index (Phi) is 6.32. The molecule has 1 saturated heterocycles. The predicted molar refractivity (Wildman–Crippen MR) is 138 cm³/mol. The molecule has 1 aliphatic carbocycles. The van der Waals surface area contributed by atoms with Crippen molar-refractivity contribution < 1.29 is 14.0 Å². The van der Waals surface area contributed by atoms with Crippen molar-refractivity contribution in [3.63, 3.8) is 0 Å². The summed E-state index contributed by atoms with van der Waals surface area (Å²) in [4.78, 5) is 31.9. The number of rotatable bonds is 8. The zero-order chi connectivity index (χ0) is 25.3. The van der Waals surface area contributed by atoms with Crippen molar-refractivity contribution in [1.29, 1.82) is 0 Å². The summed E-state index contributed by atoms with van der Waals surface area (Å²) in [6.07, 6.45) is 3.03. The van der Waals surface area contributed by atoms with Gasteiger partial charge in [0.15, 0.2) is 5.78 Å². The van der Waals surface area contributed by atoms with E-state index in [9.17, 15) is 14.0 Å². The third kappa shape index (κ3) is 4.49. The number of carbonyl (C=O) groups excluding carboxylic acids is 2. The van der Waals surface area contributed by atoms with Crippen molar-refractivity contribution in [2.45, 2.75) is 31.3 Å². The summed E-state index contributed by atoms with van der Waals surface area (Å²) in [7, 11) is 0. The lowest BCUT2D eigenvalue weighted by Crippen LogP contribution is -2.55. The number of Topliss-reactive ketones (excluding diaryl/α,β-unsaturated/α-hetero) is 1. The van der Waals surface area contributed by atoms with Gasteiger partial charge in [-0.1, -0.05) is 36.4 Å². The number of nitrogens with one attached hydrogen (secondary N) is 3. The Labute approximate surface area is 209 Å². The first-order valence-electron chi connectivity index (χ1n) is 12.1. The van der Waals surface area contributed by atoms with Crippen LogP contribution >= 0.6 is 0 Å². The normalized spacial score (nSPS) is 18.4. The van der Waals surface area contributed by atoms with E-state index in [0.717, 1.165) is 5.69 Å². The van der Waals surface area contributed by atoms with Crippen molar-refractivity contribution in [2.24, 2.45) is 5.73 Å². The van der Waals surface area contributed by atoms with Gasteiger partial charge in [0.25, 0.3) is 5.91 Å². The molecule has 36 heavy (non-hydrogen) atoms. The van der Waals surface area contributed by atoms with Gasteiger partial charge in [-0.25, -0.2) is 9.37 Å². The standard InChI is InChI=1S/C27H29FN6O2/c1-17(35)21-15-30-13-14-34(21)22-16-31-26(32-18-7-3-2-4-8-18)23(25(29)36)24(22)33-27(11-12-27)19-9-5-6-10-20(19)28/h2-10,16,21,30H,11-15H2,1H3,(H2,29,36)(H2,31,32,33). The summed E-state index contributed by atoms with van der Waals surface area (Å²) in [5, 5.41) is 9.94. The molecule has 5 rings (SSSR count). The minimum atomic E-state index is -0.685. The Morgan fingerprint density at radius 3 is 2.53 bits per heavy atom. The molecule has 1 saturated carbocycles. The molecule has 1 unspecified atom stereocenters. The van der Waals surface area contributed by atoms with E-state index in [0.29, 0.717) is 55.2 Å². The highest BCUT2D eigenvalue weighted by Gasteiger charge is 2.47. The quantitative estimate of drug-likeness (QED) is 0.384. The monoisotopic (exact) mass is 488 g/mol. The van der Waals surface area contributed by atoms with Crippen LogP contribution in [0.25, 0.3) is 0 Å². The summed E-state index contributed by atoms with van der Waals surface area (Å²) in [5.41, 5.74) is 7.73. The molecule has 5 N–H and O–H groups in total. The Balaban J connectivity index is 1.66. The molecule has 1 atom stereocenters. The van der Waals surface area contributed by atoms with Crippen molar-refractivity contribution in [3.8, 4) is 0 Å². The fraction of sp³-hybridized carbons (Fsp3) is 0.296. The molecular formula is C27H29FN6O2. The zero-order valence-electron chi connectivity index (χ0n) is 20.1. The molecule has 1 aromatic heterocycles. The van der Waals surface area contributed by atoms with Crippen LogP contribution in [0, 0.1) is 5.82 Å². The SMILES string of the molecule is CC(=O)C1CNCCN1c1cnc(Nc2ccccc2)c(C(N)=O)c1NC1(c2ccccc2F)CC1. The fourth-order valence-electron chi connectivity index (χ4n) is 4.87. The van der Waals surface area contributed by atoms with E-state index in [1.54, 1.807) is 31.3 Å². The number of anilines is 4. The molecule has 9 heteroatoms. The number of piperazine rings is 1. The second kappa shape index (κ2) is 9.58. The fourth-order valence-corrected chi connectivity index (χ4v) is 4.87. The van der Waals surface area contributed by atoms with E-state index in [1.807, 2.05) is 35.2 Å². The number of benzene rings is 2. The van der Waals surface area contributed by atoms with Gasteiger partial charge in [-0.15, -0.1) is 0 Å². The number of primary amides is 1. The van der Waals surface area contributed by atoms with E-state index in [-0.39, 0.29) is 17.2 Å². The molecule has 186 valence electrons. The van der Waals surface area contributed by atoms with Gasteiger partial charge in [-0.2, -0.15) is 0 Å². The van der Waals surface area contributed by atoms with Gasteiger partial charge < -0.3 is 26.6 Å². The Bertz CT molecular complexity index is 1290. The van der Waals surface area contributed by atoms with Crippen LogP contribution in [0.4, 0.5) is 27.3 Å². The first-order chi connectivity index (χ1) is 17.4. The number of pyridine rings is 1. The lowest BCUT2D eigenvalue weighted by Gasteiger charge is -2.38. The lowest BCUT2D eigenvalue weighted by atomic mass is 10.0. The Morgan fingerprint density at radius 1 is 1.14 bits per heavy atom. The van der Waals surface area contributed by atoms with Crippen LogP contribution in [0.2, 0.25) is 0 Å². The molecule has 8 nitrogen and oxygen atoms in total. The highest BCUT2D eigenvalue weighted by molar-refractivity contribution is 6.07. The van der Waals surface area contributed by atoms with E-state index in [4.69, 9.17) is 5.73 Å². The van der Waals surface area contributed by atoms with Crippen LogP contribution in [-0.2, 0) is 10.3 Å². The van der Waals surface area contributed by atoms with Crippen molar-refractivity contribution in [1.82, 2.24) is 10.3 Å². The molecule has 3 aromatic rings. The van der Waals surface area contributed by atoms with Gasteiger partial charge >= 0.3 is 0 Å². The molecular weight excluding hydrogens is 459 g/mol. The third-order valence-corrected chi connectivity index (χ3v) is 6.87. The van der Waals surface area contributed by atoms with Gasteiger partial charge in [-0.3, -0.25) is 9.59 Å². The van der Waals surface area contributed by atoms with Crippen LogP contribution in [0.3, 0.4) is 0 Å². The number of amides is 1. The van der Waals surface area contributed by atoms with E-state index in [2.05, 4.69) is 20.9 Å². The molecule has 1 amide bonds. The number of halogens is 1. The van der Waals surface area contributed by atoms with Crippen LogP contribution in [0.1, 0.15) is 35.7 Å². The molecule has 0 bridgehead atoms. The summed E-state index contributed by atoms with van der Waals surface area (Å²) in [5.74, 6) is -0.705. The maximum absolute atomic E-state index is 14.9. The second-order valence-electron chi connectivity index (χ2n) is 9.31. The van der Waals surface area contributed by atoms with E-state index >= 15 is 0 Å². The number of hydrogen-bond donors (Lipinski definition) is 4. The van der Waals surface area contributed by atoms with Gasteiger partial charge in [0.05, 0.1) is 29.2 Å². The highest BCUT2D eigenvalue weighted by atomic mass is 19.1. The summed E-state index contributed by atoms with van der Waals surface area (Å²) >= 11 is 0. The third-order valence-electron chi connectivity index (χ3n) is 6.87. The molecule has 0 spiro atoms. The molecule has 2 aromatic carbocycles. The molecule has 2 heterocycles. The average molecular weight is 489 g/mol. The summed E-state index contributed by atoms with van der Waals surface area (Å²) in [6, 6.07) is 15.6. The van der Waals surface area contributed by atoms with Gasteiger partial charge in [0.1, 0.15) is 17.2 Å². The Morgan fingerprint density at radius 2 is 1.86 bits per heavy atom. The highest BCUT2D eigenvalue weighted by Crippen LogP contribution is 2.51. The molecule has 0 radical (unpaired) electrons. The van der Waals surface area contributed by atoms with Gasteiger partial charge in [0.2, 0.25) is 0 Å². The first-order valence-corrected chi connectivity index (χ1v) is 12.1. The minimum Gasteiger partial charge on any atom is -0.373 e. The second-order valence-corrected chi connectivity index (χ2v) is 9.31. The number of hydrogen-bond acceptors (Lipinski definition) is 7. The van der Waals surface area contributed by atoms with Crippen molar-refractivity contribution in [3.05, 3.63) is 77.7 Å². The maximum Gasteiger partial charge on any atom is 0.254 e. The predicted octanol–water partition coefficient (Wildman–Crippen LogP) is 3.53. The topological polar surface area (TPSA) is 112 Å². The zero-order valence-corrected chi connectivity index (χ0v) is 20.1. The Hall–Kier alpha value is -3.98. The number of ketones is 1. The van der Waals surface area contributed by atoms with Gasteiger partial charge in [0, 0.05) is 30.9 Å². The number of aromatic nitrogens is 1. The average Bonchev–Trinajstić information content (AvgIpc) is 3.65. The number of nitrogens with zero attached hydrogens (tertiary/aromatic N) is 2. The number of nitrogens with two attached hydrogens (primary N) is 1. The van der Waals surface area contributed by atoms with Crippen LogP contribution in [0.15, 0.2) is 60.8 Å². The molecule has 2 aliphatic rings. The van der Waals surface area contributed by atoms with Crippen LogP contribution < -0.4 is 26.6 Å². The van der Waals surface area contributed by atoms with E-state index in [1.165, 1.54) is 6.07 Å². The number of carbonyl (C=O) groups is 2. The van der Waals surface area contributed by atoms with Crippen LogP contribution in [-0.4, -0.2) is 42.4 Å². The van der Waals surface area contributed by atoms with Crippen LogP contribution in [0.5, 0.6) is 0 Å². The first kappa shape index (κ1) is 23.7. The minimum absolute atomic E-state index is 0.00417. The van der Waals surface area contributed by atoms with E-state index < -0.39 is 17.5 Å². The van der Waals surface area contributed by atoms with Gasteiger partial charge in [-0.05, 0) is 38.0 Å². The lowest BCUT2D eigenvalue weighted by molar-refractivity contribution is -0.118. The van der Waals surface area contributed by atoms with Crippen molar-refractivity contribution >= 4 is 34.6 Å². The molecule has 1 aliphatic heterocycles. The summed E-state index contributed by atoms with van der Waals surface area (Å²) in [6.45, 7) is 3.23.